The molecule has 1 unspecified atom stereocenters. The van der Waals surface area contributed by atoms with Crippen molar-refractivity contribution in [3.8, 4) is 0 Å². The minimum absolute atomic E-state index is 0.129. The number of likely N-dealkylation sites (N-methyl/N-ethyl adjacent to an activating group) is 1. The van der Waals surface area contributed by atoms with Gasteiger partial charge in [0, 0.05) is 26.8 Å². The van der Waals surface area contributed by atoms with Gasteiger partial charge in [-0.2, -0.15) is 0 Å². The standard InChI is InChI=1S/C33H43N3O8S/c1-22(2)29(31(40)35-26(30(39)34-4)20-24-14-8-6-9-15-24)36(33(42)44-21-25-16-10-7-11-17-25)32(41)27(45-23(3)37)18-12-13-19-28(38)43-5/h6-11,14-17,22,26-27,29H,12-13,18-21H2,1-5H3,(H,34,39)(H,35,40)/t26-,27?,29-/m0/s1. The van der Waals surface area contributed by atoms with Gasteiger partial charge >= 0.3 is 12.1 Å². The number of rotatable bonds is 16. The van der Waals surface area contributed by atoms with Crippen LogP contribution in [0.4, 0.5) is 4.79 Å². The number of ether oxygens (including phenoxy) is 2. The Morgan fingerprint density at radius 1 is 0.867 bits per heavy atom. The van der Waals surface area contributed by atoms with Crippen molar-refractivity contribution in [2.75, 3.05) is 14.2 Å². The van der Waals surface area contributed by atoms with Crippen molar-refractivity contribution < 1.29 is 38.2 Å². The average molecular weight is 642 g/mol. The summed E-state index contributed by atoms with van der Waals surface area (Å²) in [4.78, 5) is 79.1. The van der Waals surface area contributed by atoms with E-state index in [0.717, 1.165) is 22.2 Å². The van der Waals surface area contributed by atoms with Crippen LogP contribution in [0.15, 0.2) is 60.7 Å². The number of unbranched alkanes of at least 4 members (excludes halogenated alkanes) is 1. The number of methoxy groups -OCH3 is 1. The molecule has 0 radical (unpaired) electrons. The van der Waals surface area contributed by atoms with Gasteiger partial charge in [-0.3, -0.25) is 24.0 Å². The zero-order valence-electron chi connectivity index (χ0n) is 26.4. The first kappa shape index (κ1) is 37.0. The topological polar surface area (TPSA) is 148 Å². The third-order valence-corrected chi connectivity index (χ3v) is 7.94. The monoisotopic (exact) mass is 641 g/mol. The molecule has 0 heterocycles. The first-order chi connectivity index (χ1) is 21.5. The van der Waals surface area contributed by atoms with Gasteiger partial charge in [-0.05, 0) is 29.9 Å². The summed E-state index contributed by atoms with van der Waals surface area (Å²) in [5, 5.41) is 3.90. The van der Waals surface area contributed by atoms with Gasteiger partial charge in [-0.1, -0.05) is 92.7 Å². The lowest BCUT2D eigenvalue weighted by Gasteiger charge is -2.34. The van der Waals surface area contributed by atoms with Crippen molar-refractivity contribution in [2.45, 2.75) is 76.8 Å². The van der Waals surface area contributed by atoms with Gasteiger partial charge in [0.15, 0.2) is 5.12 Å². The van der Waals surface area contributed by atoms with Crippen molar-refractivity contribution in [3.63, 3.8) is 0 Å². The van der Waals surface area contributed by atoms with E-state index >= 15 is 0 Å². The lowest BCUT2D eigenvalue weighted by Crippen LogP contribution is -2.59. The van der Waals surface area contributed by atoms with E-state index in [2.05, 4.69) is 15.4 Å². The highest BCUT2D eigenvalue weighted by Crippen LogP contribution is 2.25. The molecule has 4 amide bonds. The third-order valence-electron chi connectivity index (χ3n) is 6.89. The van der Waals surface area contributed by atoms with Gasteiger partial charge in [0.1, 0.15) is 18.7 Å². The highest BCUT2D eigenvalue weighted by Gasteiger charge is 2.42. The van der Waals surface area contributed by atoms with Crippen molar-refractivity contribution >= 4 is 46.7 Å². The molecule has 0 saturated carbocycles. The minimum Gasteiger partial charge on any atom is -0.469 e. The number of benzene rings is 2. The molecule has 2 aromatic carbocycles. The molecule has 0 bridgehead atoms. The van der Waals surface area contributed by atoms with Crippen LogP contribution in [0.1, 0.15) is 57.6 Å². The maximum atomic E-state index is 14.1. The number of nitrogens with zero attached hydrogens (tertiary/aromatic N) is 1. The maximum absolute atomic E-state index is 14.1. The Kier molecular flexibility index (Phi) is 15.8. The van der Waals surface area contributed by atoms with Crippen molar-refractivity contribution in [1.82, 2.24) is 15.5 Å². The molecule has 2 rings (SSSR count). The predicted octanol–water partition coefficient (Wildman–Crippen LogP) is 4.03. The van der Waals surface area contributed by atoms with Crippen LogP contribution in [-0.2, 0) is 46.5 Å². The Morgan fingerprint density at radius 2 is 1.47 bits per heavy atom. The molecule has 0 aromatic heterocycles. The summed E-state index contributed by atoms with van der Waals surface area (Å²) in [6, 6.07) is 15.6. The van der Waals surface area contributed by atoms with E-state index in [1.54, 1.807) is 38.1 Å². The average Bonchev–Trinajstić information content (AvgIpc) is 3.03. The predicted molar refractivity (Wildman–Crippen MR) is 171 cm³/mol. The number of hydrogen-bond donors (Lipinski definition) is 2. The fraction of sp³-hybridized carbons (Fsp3) is 0.455. The zero-order chi connectivity index (χ0) is 33.4. The molecule has 2 aromatic rings. The molecule has 0 saturated heterocycles. The van der Waals surface area contributed by atoms with Gasteiger partial charge in [-0.15, -0.1) is 0 Å². The Balaban J connectivity index is 2.43. The van der Waals surface area contributed by atoms with Crippen LogP contribution < -0.4 is 10.6 Å². The number of esters is 1. The highest BCUT2D eigenvalue weighted by atomic mass is 32.2. The van der Waals surface area contributed by atoms with E-state index in [1.165, 1.54) is 21.1 Å². The second kappa shape index (κ2) is 19.3. The summed E-state index contributed by atoms with van der Waals surface area (Å²) in [7, 11) is 2.73. The molecule has 0 spiro atoms. The molecule has 12 heteroatoms. The molecule has 244 valence electrons. The summed E-state index contributed by atoms with van der Waals surface area (Å²) in [5.41, 5.74) is 1.47. The number of carbonyl (C=O) groups is 6. The van der Waals surface area contributed by atoms with Crippen LogP contribution in [0.3, 0.4) is 0 Å². The van der Waals surface area contributed by atoms with Crippen LogP contribution >= 0.6 is 11.8 Å². The fourth-order valence-electron chi connectivity index (χ4n) is 4.63. The molecule has 3 atom stereocenters. The second-order valence-corrected chi connectivity index (χ2v) is 12.1. The largest absolute Gasteiger partial charge is 0.469 e. The molecular weight excluding hydrogens is 598 g/mol. The van der Waals surface area contributed by atoms with E-state index in [9.17, 15) is 28.8 Å². The van der Waals surface area contributed by atoms with Gasteiger partial charge in [0.25, 0.3) is 0 Å². The highest BCUT2D eigenvalue weighted by molar-refractivity contribution is 8.14. The number of thioether (sulfide) groups is 1. The van der Waals surface area contributed by atoms with Crippen molar-refractivity contribution in [3.05, 3.63) is 71.8 Å². The second-order valence-electron chi connectivity index (χ2n) is 10.7. The normalized spacial score (nSPS) is 12.8. The number of carbonyl (C=O) groups excluding carboxylic acids is 6. The first-order valence-corrected chi connectivity index (χ1v) is 15.7. The summed E-state index contributed by atoms with van der Waals surface area (Å²) in [6.07, 6.45) is 0.184. The van der Waals surface area contributed by atoms with E-state index in [4.69, 9.17) is 4.74 Å². The maximum Gasteiger partial charge on any atom is 0.417 e. The van der Waals surface area contributed by atoms with Crippen molar-refractivity contribution in [1.29, 1.82) is 0 Å². The molecular formula is C33H43N3O8S. The van der Waals surface area contributed by atoms with Crippen LogP contribution in [0.25, 0.3) is 0 Å². The first-order valence-electron chi connectivity index (χ1n) is 14.8. The lowest BCUT2D eigenvalue weighted by molar-refractivity contribution is -0.141. The van der Waals surface area contributed by atoms with Gasteiger partial charge in [0.05, 0.1) is 12.4 Å². The van der Waals surface area contributed by atoms with Crippen LogP contribution in [0.2, 0.25) is 0 Å². The minimum atomic E-state index is -1.37. The van der Waals surface area contributed by atoms with Crippen LogP contribution in [-0.4, -0.2) is 71.3 Å². The number of amides is 4. The van der Waals surface area contributed by atoms with Crippen molar-refractivity contribution in [2.24, 2.45) is 5.92 Å². The van der Waals surface area contributed by atoms with Gasteiger partial charge in [0.2, 0.25) is 17.7 Å². The number of nitrogens with one attached hydrogen (secondary N) is 2. The summed E-state index contributed by atoms with van der Waals surface area (Å²) in [6.45, 7) is 4.49. The Labute approximate surface area is 268 Å². The summed E-state index contributed by atoms with van der Waals surface area (Å²) in [5.74, 6) is -2.95. The summed E-state index contributed by atoms with van der Waals surface area (Å²) >= 11 is 0.748. The molecule has 45 heavy (non-hydrogen) atoms. The van der Waals surface area contributed by atoms with Crippen LogP contribution in [0.5, 0.6) is 0 Å². The Bertz CT molecular complexity index is 1290. The van der Waals surface area contributed by atoms with Gasteiger partial charge < -0.3 is 20.1 Å². The van der Waals surface area contributed by atoms with E-state index in [-0.39, 0.29) is 31.0 Å². The van der Waals surface area contributed by atoms with E-state index < -0.39 is 53.0 Å². The summed E-state index contributed by atoms with van der Waals surface area (Å²) < 4.78 is 10.2. The third kappa shape index (κ3) is 12.4. The molecule has 2 N–H and O–H groups in total. The quantitative estimate of drug-likeness (QED) is 0.205. The van der Waals surface area contributed by atoms with E-state index in [1.807, 2.05) is 36.4 Å². The molecule has 11 nitrogen and oxygen atoms in total. The SMILES string of the molecule is CNC(=O)[C@H](Cc1ccccc1)NC(=O)[C@H](C(C)C)N(C(=O)OCc1ccccc1)C(=O)C(CCCCC(=O)OC)SC(C)=O. The fourth-order valence-corrected chi connectivity index (χ4v) is 5.53. The molecule has 0 aliphatic heterocycles. The Hall–Kier alpha value is -4.19. The number of hydrogen-bond acceptors (Lipinski definition) is 9. The van der Waals surface area contributed by atoms with Crippen LogP contribution in [0, 0.1) is 5.92 Å². The van der Waals surface area contributed by atoms with E-state index in [0.29, 0.717) is 18.4 Å². The smallest absolute Gasteiger partial charge is 0.417 e. The molecule has 0 aliphatic carbocycles. The molecule has 0 aliphatic rings. The van der Waals surface area contributed by atoms with Gasteiger partial charge in [-0.25, -0.2) is 9.69 Å². The Morgan fingerprint density at radius 3 is 2.00 bits per heavy atom. The molecule has 0 fully saturated rings. The number of imide groups is 1. The zero-order valence-corrected chi connectivity index (χ0v) is 27.3. The lowest BCUT2D eigenvalue weighted by atomic mass is 9.99.